The van der Waals surface area contributed by atoms with Crippen LogP contribution in [-0.4, -0.2) is 55.8 Å². The molecule has 0 fully saturated rings. The predicted molar refractivity (Wildman–Crippen MR) is 51.5 cm³/mol. The molecule has 0 bridgehead atoms. The Kier molecular flexibility index (Phi) is 6.11. The van der Waals surface area contributed by atoms with Gasteiger partial charge in [-0.05, 0) is 14.1 Å². The van der Waals surface area contributed by atoms with Gasteiger partial charge in [-0.25, -0.2) is 0 Å². The van der Waals surface area contributed by atoms with Crippen LogP contribution < -0.4 is 0 Å². The zero-order valence-corrected chi connectivity index (χ0v) is 8.76. The molecular weight excluding hydrogens is 176 g/mol. The van der Waals surface area contributed by atoms with Crippen molar-refractivity contribution < 1.29 is 4.79 Å². The maximum atomic E-state index is 11.2. The van der Waals surface area contributed by atoms with Gasteiger partial charge in [-0.1, -0.05) is 0 Å². The second-order valence-electron chi connectivity index (χ2n) is 3.06. The van der Waals surface area contributed by atoms with E-state index in [0.717, 1.165) is 13.1 Å². The minimum absolute atomic E-state index is 0.117. The third-order valence-electron chi connectivity index (χ3n) is 1.62. The van der Waals surface area contributed by atoms with E-state index < -0.39 is 0 Å². The van der Waals surface area contributed by atoms with E-state index in [-0.39, 0.29) is 5.91 Å². The van der Waals surface area contributed by atoms with Gasteiger partial charge in [-0.15, -0.1) is 11.6 Å². The number of hydrogen-bond acceptors (Lipinski definition) is 2. The van der Waals surface area contributed by atoms with Crippen LogP contribution in [0.1, 0.15) is 6.42 Å². The lowest BCUT2D eigenvalue weighted by Gasteiger charge is -2.19. The Bertz CT molecular complexity index is 139. The van der Waals surface area contributed by atoms with Crippen LogP contribution in [0.2, 0.25) is 0 Å². The summed E-state index contributed by atoms with van der Waals surface area (Å²) in [6.07, 6.45) is 0.436. The summed E-state index contributed by atoms with van der Waals surface area (Å²) in [5.74, 6) is 0.525. The Balaban J connectivity index is 3.56. The highest BCUT2D eigenvalue weighted by Crippen LogP contribution is 1.92. The van der Waals surface area contributed by atoms with Crippen LogP contribution in [0.15, 0.2) is 0 Å². The zero-order chi connectivity index (χ0) is 9.56. The fourth-order valence-corrected chi connectivity index (χ4v) is 0.908. The molecule has 0 unspecified atom stereocenters. The first kappa shape index (κ1) is 11.7. The number of carbonyl (C=O) groups is 1. The maximum absolute atomic E-state index is 11.2. The smallest absolute Gasteiger partial charge is 0.223 e. The van der Waals surface area contributed by atoms with Gasteiger partial charge in [0.15, 0.2) is 0 Å². The largest absolute Gasteiger partial charge is 0.344 e. The highest BCUT2D eigenvalue weighted by atomic mass is 35.5. The van der Waals surface area contributed by atoms with Gasteiger partial charge in [0.05, 0.1) is 0 Å². The van der Waals surface area contributed by atoms with Crippen molar-refractivity contribution >= 4 is 17.5 Å². The molecule has 0 aliphatic heterocycles. The van der Waals surface area contributed by atoms with Crippen LogP contribution in [0.3, 0.4) is 0 Å². The highest BCUT2D eigenvalue weighted by Gasteiger charge is 2.06. The number of amides is 1. The molecular formula is C8H17ClN2O. The second-order valence-corrected chi connectivity index (χ2v) is 3.44. The quantitative estimate of drug-likeness (QED) is 0.597. The molecule has 0 heterocycles. The molecule has 0 spiro atoms. The number of nitrogens with zero attached hydrogens (tertiary/aromatic N) is 2. The highest BCUT2D eigenvalue weighted by molar-refractivity contribution is 6.18. The van der Waals surface area contributed by atoms with Gasteiger partial charge >= 0.3 is 0 Å². The van der Waals surface area contributed by atoms with E-state index in [1.165, 1.54) is 0 Å². The molecule has 3 nitrogen and oxygen atoms in total. The van der Waals surface area contributed by atoms with Crippen LogP contribution in [0, 0.1) is 0 Å². The van der Waals surface area contributed by atoms with Gasteiger partial charge in [0.25, 0.3) is 0 Å². The van der Waals surface area contributed by atoms with Crippen molar-refractivity contribution in [3.63, 3.8) is 0 Å². The fourth-order valence-electron chi connectivity index (χ4n) is 0.746. The Hall–Kier alpha value is -0.280. The minimum Gasteiger partial charge on any atom is -0.344 e. The summed E-state index contributed by atoms with van der Waals surface area (Å²) in [5, 5.41) is 0. The zero-order valence-electron chi connectivity index (χ0n) is 8.01. The summed E-state index contributed by atoms with van der Waals surface area (Å²) in [7, 11) is 5.78. The normalized spacial score (nSPS) is 10.4. The van der Waals surface area contributed by atoms with Gasteiger partial charge < -0.3 is 9.80 Å². The van der Waals surface area contributed by atoms with Crippen LogP contribution in [0.5, 0.6) is 0 Å². The lowest BCUT2D eigenvalue weighted by atomic mass is 10.4. The van der Waals surface area contributed by atoms with Crippen molar-refractivity contribution in [2.24, 2.45) is 0 Å². The molecule has 0 N–H and O–H groups in total. The van der Waals surface area contributed by atoms with Crippen LogP contribution in [-0.2, 0) is 4.79 Å². The molecule has 0 rings (SSSR count). The van der Waals surface area contributed by atoms with E-state index in [0.29, 0.717) is 12.3 Å². The average molecular weight is 193 g/mol. The summed E-state index contributed by atoms with van der Waals surface area (Å²) in [5.41, 5.74) is 0. The molecule has 72 valence electrons. The van der Waals surface area contributed by atoms with Crippen molar-refractivity contribution in [1.29, 1.82) is 0 Å². The van der Waals surface area contributed by atoms with Crippen LogP contribution in [0.25, 0.3) is 0 Å². The maximum Gasteiger partial charge on any atom is 0.223 e. The summed E-state index contributed by atoms with van der Waals surface area (Å²) >= 11 is 5.45. The average Bonchev–Trinajstić information content (AvgIpc) is 2.00. The van der Waals surface area contributed by atoms with E-state index in [1.807, 2.05) is 19.0 Å². The fraction of sp³-hybridized carbons (Fsp3) is 0.875. The van der Waals surface area contributed by atoms with E-state index >= 15 is 0 Å². The summed E-state index contributed by atoms with van der Waals surface area (Å²) in [6.45, 7) is 1.66. The van der Waals surface area contributed by atoms with Crippen LogP contribution >= 0.6 is 11.6 Å². The van der Waals surface area contributed by atoms with Crippen molar-refractivity contribution in [3.8, 4) is 0 Å². The van der Waals surface area contributed by atoms with Crippen LogP contribution in [0.4, 0.5) is 0 Å². The number of halogens is 1. The second kappa shape index (κ2) is 6.26. The monoisotopic (exact) mass is 192 g/mol. The van der Waals surface area contributed by atoms with E-state index in [4.69, 9.17) is 11.6 Å². The molecule has 1 amide bonds. The number of carbonyl (C=O) groups excluding carboxylic acids is 1. The molecule has 0 saturated heterocycles. The van der Waals surface area contributed by atoms with E-state index in [2.05, 4.69) is 0 Å². The Morgan fingerprint density at radius 3 is 2.25 bits per heavy atom. The molecule has 12 heavy (non-hydrogen) atoms. The molecule has 0 aliphatic carbocycles. The molecule has 0 saturated carbocycles. The molecule has 0 atom stereocenters. The molecule has 0 radical (unpaired) electrons. The SMILES string of the molecule is CN(C)CCN(C)C(=O)CCCl. The molecule has 0 aromatic rings. The van der Waals surface area contributed by atoms with Gasteiger partial charge in [0, 0.05) is 32.4 Å². The number of rotatable bonds is 5. The topological polar surface area (TPSA) is 23.6 Å². The van der Waals surface area contributed by atoms with Gasteiger partial charge in [-0.3, -0.25) is 4.79 Å². The first-order valence-corrected chi connectivity index (χ1v) is 4.56. The number of hydrogen-bond donors (Lipinski definition) is 0. The third kappa shape index (κ3) is 5.38. The van der Waals surface area contributed by atoms with Crippen molar-refractivity contribution in [1.82, 2.24) is 9.80 Å². The molecule has 4 heteroatoms. The van der Waals surface area contributed by atoms with Crippen molar-refractivity contribution in [2.75, 3.05) is 40.1 Å². The van der Waals surface area contributed by atoms with Gasteiger partial charge in [0.1, 0.15) is 0 Å². The van der Waals surface area contributed by atoms with Gasteiger partial charge in [0.2, 0.25) is 5.91 Å². The third-order valence-corrected chi connectivity index (χ3v) is 1.81. The number of likely N-dealkylation sites (N-methyl/N-ethyl adjacent to an activating group) is 2. The lowest BCUT2D eigenvalue weighted by molar-refractivity contribution is -0.129. The summed E-state index contributed by atoms with van der Waals surface area (Å²) in [6, 6.07) is 0. The Morgan fingerprint density at radius 2 is 1.83 bits per heavy atom. The lowest BCUT2D eigenvalue weighted by Crippen LogP contribution is -2.33. The van der Waals surface area contributed by atoms with E-state index in [9.17, 15) is 4.79 Å². The van der Waals surface area contributed by atoms with Crippen molar-refractivity contribution in [3.05, 3.63) is 0 Å². The summed E-state index contributed by atoms with van der Waals surface area (Å²) in [4.78, 5) is 14.9. The molecule has 0 aromatic heterocycles. The van der Waals surface area contributed by atoms with E-state index in [1.54, 1.807) is 11.9 Å². The minimum atomic E-state index is 0.117. The first-order valence-electron chi connectivity index (χ1n) is 4.02. The summed E-state index contributed by atoms with van der Waals surface area (Å²) < 4.78 is 0. The Labute approximate surface area is 79.3 Å². The standard InChI is InChI=1S/C8H17ClN2O/c1-10(2)6-7-11(3)8(12)4-5-9/h4-7H2,1-3H3. The Morgan fingerprint density at radius 1 is 1.25 bits per heavy atom. The predicted octanol–water partition coefficient (Wildman–Crippen LogP) is 0.635. The van der Waals surface area contributed by atoms with Gasteiger partial charge in [-0.2, -0.15) is 0 Å². The number of alkyl halides is 1. The molecule has 0 aromatic carbocycles. The van der Waals surface area contributed by atoms with Crippen molar-refractivity contribution in [2.45, 2.75) is 6.42 Å². The first-order chi connectivity index (χ1) is 5.57. The molecule has 0 aliphatic rings.